The first-order valence-corrected chi connectivity index (χ1v) is 14.6. The molecule has 4 rings (SSSR count). The van der Waals surface area contributed by atoms with Crippen molar-refractivity contribution in [3.63, 3.8) is 0 Å². The van der Waals surface area contributed by atoms with E-state index in [1.54, 1.807) is 12.1 Å². The summed E-state index contributed by atoms with van der Waals surface area (Å²) in [6.07, 6.45) is 10.1. The minimum Gasteiger partial charge on any atom is -0.488 e. The van der Waals surface area contributed by atoms with Crippen molar-refractivity contribution in [1.29, 1.82) is 0 Å². The predicted molar refractivity (Wildman–Crippen MR) is 163 cm³/mol. The fourth-order valence-corrected chi connectivity index (χ4v) is 5.26. The second-order valence-electron chi connectivity index (χ2n) is 12.5. The Morgan fingerprint density at radius 3 is 2.17 bits per heavy atom. The quantitative estimate of drug-likeness (QED) is 0.209. The predicted octanol–water partition coefficient (Wildman–Crippen LogP) is 8.56. The maximum absolute atomic E-state index is 11.4. The average Bonchev–Trinajstić information content (AvgIpc) is 3.70. The highest BCUT2D eigenvalue weighted by Gasteiger charge is 2.43. The van der Waals surface area contributed by atoms with Gasteiger partial charge in [-0.2, -0.15) is 0 Å². The molecule has 0 saturated heterocycles. The molecule has 216 valence electrons. The molecule has 1 aliphatic rings. The molecule has 3 aromatic rings. The lowest BCUT2D eigenvalue weighted by Gasteiger charge is -2.19. The molecule has 0 heterocycles. The molecule has 0 spiro atoms. The van der Waals surface area contributed by atoms with Crippen LogP contribution in [0.25, 0.3) is 6.08 Å². The summed E-state index contributed by atoms with van der Waals surface area (Å²) in [5, 5.41) is 18.6. The lowest BCUT2D eigenvalue weighted by molar-refractivity contribution is -0.138. The highest BCUT2D eigenvalue weighted by molar-refractivity contribution is 5.87. The lowest BCUT2D eigenvalue weighted by atomic mass is 9.87. The van der Waals surface area contributed by atoms with Crippen LogP contribution >= 0.6 is 0 Å². The maximum atomic E-state index is 11.4. The molecule has 2 N–H and O–H groups in total. The Labute approximate surface area is 243 Å². The van der Waals surface area contributed by atoms with Crippen LogP contribution in [0.2, 0.25) is 0 Å². The van der Waals surface area contributed by atoms with Crippen molar-refractivity contribution in [2.75, 3.05) is 0 Å². The van der Waals surface area contributed by atoms with E-state index < -0.39 is 11.9 Å². The summed E-state index contributed by atoms with van der Waals surface area (Å²) in [5.41, 5.74) is 4.88. The Hall–Kier alpha value is -3.86. The van der Waals surface area contributed by atoms with Gasteiger partial charge >= 0.3 is 11.9 Å². The van der Waals surface area contributed by atoms with Crippen LogP contribution in [0.15, 0.2) is 78.9 Å². The van der Waals surface area contributed by atoms with Gasteiger partial charge in [0.2, 0.25) is 0 Å². The standard InChI is InChI=1S/C36H42O5/c1-35(2,3)31-18-13-28(14-19-31)25-41-32-7-5-4-6-29(32)15-10-27(20-21-36(22-23-36)24-33(37)38)9-8-26-11-16-30(17-12-26)34(39)40/h4-7,10-19,27H,8-9,20-25H2,1-3H3,(H,37,38)(H,39,40). The Balaban J connectivity index is 1.44. The number of carboxylic acid groups (broad SMARTS) is 2. The number of para-hydroxylation sites is 1. The normalized spacial score (nSPS) is 15.0. The van der Waals surface area contributed by atoms with E-state index >= 15 is 0 Å². The zero-order valence-electron chi connectivity index (χ0n) is 24.4. The molecule has 3 aromatic carbocycles. The summed E-state index contributed by atoms with van der Waals surface area (Å²) < 4.78 is 6.24. The van der Waals surface area contributed by atoms with Crippen LogP contribution in [0.1, 0.15) is 91.9 Å². The molecule has 1 unspecified atom stereocenters. The number of carboxylic acids is 2. The molecule has 0 aromatic heterocycles. The van der Waals surface area contributed by atoms with E-state index in [-0.39, 0.29) is 28.7 Å². The summed E-state index contributed by atoms with van der Waals surface area (Å²) in [7, 11) is 0. The second kappa shape index (κ2) is 13.2. The van der Waals surface area contributed by atoms with Gasteiger partial charge in [-0.1, -0.05) is 87.5 Å². The van der Waals surface area contributed by atoms with Gasteiger partial charge in [-0.25, -0.2) is 4.79 Å². The van der Waals surface area contributed by atoms with Crippen LogP contribution in [-0.4, -0.2) is 22.2 Å². The largest absolute Gasteiger partial charge is 0.488 e. The topological polar surface area (TPSA) is 83.8 Å². The first-order chi connectivity index (χ1) is 19.5. The summed E-state index contributed by atoms with van der Waals surface area (Å²) in [6, 6.07) is 23.7. The van der Waals surface area contributed by atoms with Crippen LogP contribution in [0, 0.1) is 11.3 Å². The molecular weight excluding hydrogens is 512 g/mol. The number of aryl methyl sites for hydroxylation is 1. The number of benzene rings is 3. The first-order valence-electron chi connectivity index (χ1n) is 14.6. The van der Waals surface area contributed by atoms with Gasteiger partial charge in [0.1, 0.15) is 12.4 Å². The molecule has 1 aliphatic carbocycles. The molecule has 1 fully saturated rings. The highest BCUT2D eigenvalue weighted by Crippen LogP contribution is 2.53. The third-order valence-corrected chi connectivity index (χ3v) is 8.21. The number of carbonyl (C=O) groups is 2. The van der Waals surface area contributed by atoms with Gasteiger partial charge in [-0.15, -0.1) is 0 Å². The highest BCUT2D eigenvalue weighted by atomic mass is 16.5. The number of aliphatic carboxylic acids is 1. The smallest absolute Gasteiger partial charge is 0.335 e. The van der Waals surface area contributed by atoms with Gasteiger partial charge in [-0.05, 0) is 90.2 Å². The Morgan fingerprint density at radius 2 is 1.56 bits per heavy atom. The van der Waals surface area contributed by atoms with Crippen molar-refractivity contribution in [3.05, 3.63) is 107 Å². The SMILES string of the molecule is CC(C)(C)c1ccc(COc2ccccc2C=CC(CCc2ccc(C(=O)O)cc2)CCC2(CC(=O)O)CC2)cc1. The maximum Gasteiger partial charge on any atom is 0.335 e. The van der Waals surface area contributed by atoms with Crippen molar-refractivity contribution < 1.29 is 24.5 Å². The van der Waals surface area contributed by atoms with Gasteiger partial charge in [0.05, 0.1) is 12.0 Å². The van der Waals surface area contributed by atoms with Crippen molar-refractivity contribution in [2.24, 2.45) is 11.3 Å². The van der Waals surface area contributed by atoms with Crippen LogP contribution in [0.5, 0.6) is 5.75 Å². The number of rotatable bonds is 14. The van der Waals surface area contributed by atoms with Crippen molar-refractivity contribution >= 4 is 18.0 Å². The number of hydrogen-bond acceptors (Lipinski definition) is 3. The Kier molecular flexibility index (Phi) is 9.69. The lowest BCUT2D eigenvalue weighted by Crippen LogP contribution is -2.11. The van der Waals surface area contributed by atoms with Crippen molar-refractivity contribution in [2.45, 2.75) is 77.7 Å². The van der Waals surface area contributed by atoms with Gasteiger partial charge in [0, 0.05) is 5.56 Å². The first kappa shape index (κ1) is 30.1. The fraction of sp³-hybridized carbons (Fsp3) is 0.389. The Morgan fingerprint density at radius 1 is 0.902 bits per heavy atom. The molecule has 0 radical (unpaired) electrons. The zero-order valence-corrected chi connectivity index (χ0v) is 24.4. The molecule has 5 nitrogen and oxygen atoms in total. The third-order valence-electron chi connectivity index (χ3n) is 8.21. The van der Waals surface area contributed by atoms with E-state index in [2.05, 4.69) is 63.3 Å². The van der Waals surface area contributed by atoms with E-state index in [4.69, 9.17) is 4.74 Å². The number of allylic oxidation sites excluding steroid dienone is 1. The van der Waals surface area contributed by atoms with E-state index in [0.29, 0.717) is 6.61 Å². The summed E-state index contributed by atoms with van der Waals surface area (Å²) in [6.45, 7) is 7.11. The molecule has 41 heavy (non-hydrogen) atoms. The van der Waals surface area contributed by atoms with Crippen molar-refractivity contribution in [3.8, 4) is 5.75 Å². The molecule has 1 atom stereocenters. The van der Waals surface area contributed by atoms with E-state index in [1.807, 2.05) is 30.3 Å². The van der Waals surface area contributed by atoms with Crippen LogP contribution in [-0.2, 0) is 23.2 Å². The van der Waals surface area contributed by atoms with E-state index in [1.165, 1.54) is 5.56 Å². The number of ether oxygens (including phenoxy) is 1. The molecule has 0 aliphatic heterocycles. The summed E-state index contributed by atoms with van der Waals surface area (Å²) in [5.74, 6) is -0.546. The second-order valence-corrected chi connectivity index (χ2v) is 12.5. The van der Waals surface area contributed by atoms with Gasteiger partial charge in [0.25, 0.3) is 0 Å². The van der Waals surface area contributed by atoms with E-state index in [0.717, 1.165) is 61.0 Å². The molecule has 5 heteroatoms. The summed E-state index contributed by atoms with van der Waals surface area (Å²) >= 11 is 0. The van der Waals surface area contributed by atoms with Gasteiger partial charge in [0.15, 0.2) is 0 Å². The van der Waals surface area contributed by atoms with Gasteiger partial charge in [-0.3, -0.25) is 4.79 Å². The minimum atomic E-state index is -0.923. The minimum absolute atomic E-state index is 0.0510. The molecular formula is C36H42O5. The molecule has 1 saturated carbocycles. The van der Waals surface area contributed by atoms with Gasteiger partial charge < -0.3 is 14.9 Å². The van der Waals surface area contributed by atoms with Crippen molar-refractivity contribution in [1.82, 2.24) is 0 Å². The summed E-state index contributed by atoms with van der Waals surface area (Å²) in [4.78, 5) is 22.6. The third kappa shape index (κ3) is 9.07. The average molecular weight is 555 g/mol. The molecule has 0 amide bonds. The van der Waals surface area contributed by atoms with Crippen LogP contribution < -0.4 is 4.74 Å². The molecule has 0 bridgehead atoms. The van der Waals surface area contributed by atoms with Crippen LogP contribution in [0.3, 0.4) is 0 Å². The Bertz CT molecular complexity index is 1340. The number of aromatic carboxylic acids is 1. The zero-order chi connectivity index (χ0) is 29.5. The number of hydrogen-bond donors (Lipinski definition) is 2. The monoisotopic (exact) mass is 554 g/mol. The van der Waals surface area contributed by atoms with Crippen LogP contribution in [0.4, 0.5) is 0 Å². The fourth-order valence-electron chi connectivity index (χ4n) is 5.26. The van der Waals surface area contributed by atoms with E-state index in [9.17, 15) is 19.8 Å².